The van der Waals surface area contributed by atoms with Crippen LogP contribution in [0.15, 0.2) is 29.4 Å². The molecule has 0 aliphatic carbocycles. The lowest BCUT2D eigenvalue weighted by Gasteiger charge is -2.13. The summed E-state index contributed by atoms with van der Waals surface area (Å²) in [5.74, 6) is 0.765. The van der Waals surface area contributed by atoms with Crippen molar-refractivity contribution in [3.63, 3.8) is 0 Å². The molecule has 7 nitrogen and oxygen atoms in total. The van der Waals surface area contributed by atoms with Crippen molar-refractivity contribution in [3.05, 3.63) is 29.4 Å². The van der Waals surface area contributed by atoms with Crippen LogP contribution in [-0.4, -0.2) is 32.8 Å². The van der Waals surface area contributed by atoms with Crippen molar-refractivity contribution in [2.75, 3.05) is 18.9 Å². The van der Waals surface area contributed by atoms with Gasteiger partial charge in [-0.25, -0.2) is 0 Å². The maximum absolute atomic E-state index is 12.1. The van der Waals surface area contributed by atoms with Crippen LogP contribution in [0.1, 0.15) is 0 Å². The van der Waals surface area contributed by atoms with Crippen LogP contribution in [0.5, 0.6) is 11.5 Å². The van der Waals surface area contributed by atoms with Gasteiger partial charge >= 0.3 is 0 Å². The quantitative estimate of drug-likeness (QED) is 0.878. The Kier molecular flexibility index (Phi) is 4.05. The van der Waals surface area contributed by atoms with E-state index in [9.17, 15) is 8.42 Å². The van der Waals surface area contributed by atoms with Gasteiger partial charge in [0.2, 0.25) is 0 Å². The van der Waals surface area contributed by atoms with Crippen LogP contribution in [0.4, 0.5) is 5.69 Å². The summed E-state index contributed by atoms with van der Waals surface area (Å²) >= 11 is 6.02. The number of nitrogens with one attached hydrogen (secondary N) is 2. The van der Waals surface area contributed by atoms with E-state index < -0.39 is 10.0 Å². The second-order valence-electron chi connectivity index (χ2n) is 3.71. The Hall–Kier alpha value is -1.93. The fourth-order valence-electron chi connectivity index (χ4n) is 1.52. The molecule has 1 aromatic heterocycles. The third kappa shape index (κ3) is 2.81. The van der Waals surface area contributed by atoms with Gasteiger partial charge in [0.25, 0.3) is 10.0 Å². The van der Waals surface area contributed by atoms with Gasteiger partial charge in [0.15, 0.2) is 16.5 Å². The predicted molar refractivity (Wildman–Crippen MR) is 74.0 cm³/mol. The van der Waals surface area contributed by atoms with Crippen molar-refractivity contribution in [1.29, 1.82) is 0 Å². The molecule has 0 saturated carbocycles. The minimum atomic E-state index is -3.79. The molecule has 0 aliphatic rings. The first-order chi connectivity index (χ1) is 9.47. The smallest absolute Gasteiger partial charge is 0.278 e. The Balaban J connectivity index is 2.39. The van der Waals surface area contributed by atoms with E-state index in [1.807, 2.05) is 0 Å². The number of nitrogens with zero attached hydrogens (tertiary/aromatic N) is 1. The highest BCUT2D eigenvalue weighted by Gasteiger charge is 2.19. The third-order valence-electron chi connectivity index (χ3n) is 2.48. The number of hydrogen-bond donors (Lipinski definition) is 2. The number of hydrogen-bond acceptors (Lipinski definition) is 5. The summed E-state index contributed by atoms with van der Waals surface area (Å²) in [5.41, 5.74) is 0.180. The minimum Gasteiger partial charge on any atom is -0.493 e. The number of halogens is 1. The van der Waals surface area contributed by atoms with Crippen molar-refractivity contribution in [1.82, 2.24) is 10.2 Å². The highest BCUT2D eigenvalue weighted by atomic mass is 35.5. The largest absolute Gasteiger partial charge is 0.493 e. The summed E-state index contributed by atoms with van der Waals surface area (Å²) in [4.78, 5) is 0. The first-order valence-corrected chi connectivity index (χ1v) is 7.27. The van der Waals surface area contributed by atoms with Gasteiger partial charge in [0.1, 0.15) is 0 Å². The zero-order valence-electron chi connectivity index (χ0n) is 10.7. The second-order valence-corrected chi connectivity index (χ2v) is 5.77. The SMILES string of the molecule is COc1cc(Cl)c(NS(=O)(=O)c2ccn[nH]2)cc1OC. The van der Waals surface area contributed by atoms with E-state index in [2.05, 4.69) is 14.9 Å². The molecule has 0 fully saturated rings. The Bertz CT molecular complexity index is 701. The fraction of sp³-hybridized carbons (Fsp3) is 0.182. The number of benzene rings is 1. The van der Waals surface area contributed by atoms with Crippen LogP contribution in [-0.2, 0) is 10.0 Å². The van der Waals surface area contributed by atoms with E-state index in [4.69, 9.17) is 21.1 Å². The van der Waals surface area contributed by atoms with Gasteiger partial charge in [-0.1, -0.05) is 11.6 Å². The van der Waals surface area contributed by atoms with Crippen molar-refractivity contribution >= 4 is 27.3 Å². The highest BCUT2D eigenvalue weighted by Crippen LogP contribution is 2.36. The van der Waals surface area contributed by atoms with E-state index in [1.165, 1.54) is 38.6 Å². The van der Waals surface area contributed by atoms with E-state index >= 15 is 0 Å². The average molecular weight is 318 g/mol. The number of anilines is 1. The minimum absolute atomic E-state index is 0.0663. The van der Waals surface area contributed by atoms with Crippen molar-refractivity contribution in [2.45, 2.75) is 5.03 Å². The van der Waals surface area contributed by atoms with E-state index in [1.54, 1.807) is 0 Å². The fourth-order valence-corrected chi connectivity index (χ4v) is 2.76. The van der Waals surface area contributed by atoms with Gasteiger partial charge in [-0.2, -0.15) is 13.5 Å². The van der Waals surface area contributed by atoms with Crippen LogP contribution in [0, 0.1) is 0 Å². The molecule has 0 amide bonds. The standard InChI is InChI=1S/C11H12ClN3O4S/c1-18-9-5-7(12)8(6-10(9)19-2)15-20(16,17)11-3-4-13-14-11/h3-6,15H,1-2H3,(H,13,14). The van der Waals surface area contributed by atoms with Crippen LogP contribution in [0.3, 0.4) is 0 Å². The van der Waals surface area contributed by atoms with E-state index in [0.29, 0.717) is 11.5 Å². The maximum Gasteiger partial charge on any atom is 0.278 e. The molecule has 20 heavy (non-hydrogen) atoms. The molecule has 0 saturated heterocycles. The number of methoxy groups -OCH3 is 2. The second kappa shape index (κ2) is 5.59. The van der Waals surface area contributed by atoms with Gasteiger partial charge in [-0.3, -0.25) is 9.82 Å². The molecule has 0 atom stereocenters. The third-order valence-corrected chi connectivity index (χ3v) is 4.09. The van der Waals surface area contributed by atoms with Crippen LogP contribution in [0.25, 0.3) is 0 Å². The monoisotopic (exact) mass is 317 g/mol. The lowest BCUT2D eigenvalue weighted by molar-refractivity contribution is 0.355. The molecule has 1 heterocycles. The Morgan fingerprint density at radius 3 is 2.45 bits per heavy atom. The van der Waals surface area contributed by atoms with Gasteiger partial charge in [-0.15, -0.1) is 0 Å². The normalized spacial score (nSPS) is 11.2. The molecule has 0 bridgehead atoms. The lowest BCUT2D eigenvalue weighted by Crippen LogP contribution is -2.14. The molecule has 0 spiro atoms. The predicted octanol–water partition coefficient (Wildman–Crippen LogP) is 1.88. The van der Waals surface area contributed by atoms with Gasteiger partial charge in [-0.05, 0) is 6.07 Å². The molecular formula is C11H12ClN3O4S. The van der Waals surface area contributed by atoms with Crippen molar-refractivity contribution in [3.8, 4) is 11.5 Å². The molecule has 0 radical (unpaired) electrons. The topological polar surface area (TPSA) is 93.3 Å². The number of aromatic amines is 1. The van der Waals surface area contributed by atoms with Crippen LogP contribution < -0.4 is 14.2 Å². The molecular weight excluding hydrogens is 306 g/mol. The van der Waals surface area contributed by atoms with Gasteiger partial charge in [0, 0.05) is 12.1 Å². The number of sulfonamides is 1. The summed E-state index contributed by atoms with van der Waals surface area (Å²) in [5, 5.41) is 6.08. The van der Waals surface area contributed by atoms with E-state index in [0.717, 1.165) is 0 Å². The number of aromatic nitrogens is 2. The van der Waals surface area contributed by atoms with Gasteiger partial charge in [0.05, 0.1) is 31.1 Å². The van der Waals surface area contributed by atoms with Crippen LogP contribution in [0.2, 0.25) is 5.02 Å². The molecule has 2 rings (SSSR count). The lowest BCUT2D eigenvalue weighted by atomic mass is 10.3. The number of ether oxygens (including phenoxy) is 2. The molecule has 2 N–H and O–H groups in total. The molecule has 0 aliphatic heterocycles. The van der Waals surface area contributed by atoms with Crippen molar-refractivity contribution in [2.24, 2.45) is 0 Å². The zero-order valence-corrected chi connectivity index (χ0v) is 12.2. The number of rotatable bonds is 5. The van der Waals surface area contributed by atoms with Crippen LogP contribution >= 0.6 is 11.6 Å². The molecule has 1 aromatic carbocycles. The Labute approximate surface area is 120 Å². The zero-order chi connectivity index (χ0) is 14.8. The molecule has 9 heteroatoms. The molecule has 108 valence electrons. The number of H-pyrrole nitrogens is 1. The first-order valence-electron chi connectivity index (χ1n) is 5.41. The molecule has 2 aromatic rings. The summed E-state index contributed by atoms with van der Waals surface area (Å²) < 4.78 is 36.6. The highest BCUT2D eigenvalue weighted by molar-refractivity contribution is 7.92. The van der Waals surface area contributed by atoms with E-state index in [-0.39, 0.29) is 15.7 Å². The summed E-state index contributed by atoms with van der Waals surface area (Å²) in [6, 6.07) is 4.23. The summed E-state index contributed by atoms with van der Waals surface area (Å²) in [6.07, 6.45) is 1.34. The van der Waals surface area contributed by atoms with Crippen molar-refractivity contribution < 1.29 is 17.9 Å². The maximum atomic E-state index is 12.1. The Morgan fingerprint density at radius 1 is 1.25 bits per heavy atom. The first kappa shape index (κ1) is 14.5. The average Bonchev–Trinajstić information content (AvgIpc) is 2.95. The Morgan fingerprint density at radius 2 is 1.90 bits per heavy atom. The summed E-state index contributed by atoms with van der Waals surface area (Å²) in [7, 11) is -0.882. The van der Waals surface area contributed by atoms with Gasteiger partial charge < -0.3 is 9.47 Å². The summed E-state index contributed by atoms with van der Waals surface area (Å²) in [6.45, 7) is 0. The molecule has 0 unspecified atom stereocenters.